The Labute approximate surface area is 98.4 Å². The molecule has 0 aromatic rings. The van der Waals surface area contributed by atoms with E-state index in [1.165, 1.54) is 11.1 Å². The van der Waals surface area contributed by atoms with Gasteiger partial charge in [-0.25, -0.2) is 9.90 Å². The lowest BCUT2D eigenvalue weighted by Crippen LogP contribution is -3.00. The van der Waals surface area contributed by atoms with Crippen molar-refractivity contribution in [3.8, 4) is 0 Å². The SMILES string of the molecule is C=CC(=O)N(C)OC(CC)[N+](C)(C)C.[Cl-]. The minimum atomic E-state index is -0.225. The lowest BCUT2D eigenvalue weighted by atomic mass is 10.3. The van der Waals surface area contributed by atoms with Crippen LogP contribution in [0.15, 0.2) is 12.7 Å². The highest BCUT2D eigenvalue weighted by Crippen LogP contribution is 2.10. The summed E-state index contributed by atoms with van der Waals surface area (Å²) in [6, 6.07) is 0. The summed E-state index contributed by atoms with van der Waals surface area (Å²) in [5, 5.41) is 1.23. The fraction of sp³-hybridized carbons (Fsp3) is 0.700. The van der Waals surface area contributed by atoms with Crippen molar-refractivity contribution in [2.45, 2.75) is 19.6 Å². The van der Waals surface area contributed by atoms with Crippen LogP contribution >= 0.6 is 0 Å². The number of carbonyl (C=O) groups excluding carboxylic acids is 1. The van der Waals surface area contributed by atoms with Crippen LogP contribution in [0, 0.1) is 0 Å². The molecule has 0 saturated heterocycles. The predicted molar refractivity (Wildman–Crippen MR) is 56.2 cm³/mol. The largest absolute Gasteiger partial charge is 1.00 e. The van der Waals surface area contributed by atoms with E-state index in [0.717, 1.165) is 6.42 Å². The molecule has 0 bridgehead atoms. The standard InChI is InChI=1S/C10H21N2O2.ClH/c1-7-9(13)11(3)14-10(8-2)12(4,5)6;/h7,10H,1,8H2,2-6H3;1H/q+1;/p-1. The van der Waals surface area contributed by atoms with E-state index in [-0.39, 0.29) is 24.5 Å². The molecule has 0 aliphatic rings. The highest BCUT2D eigenvalue weighted by atomic mass is 35.5. The van der Waals surface area contributed by atoms with E-state index in [0.29, 0.717) is 4.48 Å². The van der Waals surface area contributed by atoms with Crippen LogP contribution in [0.3, 0.4) is 0 Å². The average Bonchev–Trinajstić information content (AvgIpc) is 2.10. The first kappa shape index (κ1) is 16.8. The number of halogens is 1. The van der Waals surface area contributed by atoms with Crippen molar-refractivity contribution in [1.29, 1.82) is 0 Å². The topological polar surface area (TPSA) is 29.5 Å². The van der Waals surface area contributed by atoms with Crippen molar-refractivity contribution in [3.05, 3.63) is 12.7 Å². The summed E-state index contributed by atoms with van der Waals surface area (Å²) in [7, 11) is 7.68. The summed E-state index contributed by atoms with van der Waals surface area (Å²) in [6.07, 6.45) is 2.06. The molecule has 0 aliphatic carbocycles. The van der Waals surface area contributed by atoms with E-state index in [2.05, 4.69) is 6.58 Å². The Morgan fingerprint density at radius 3 is 2.27 bits per heavy atom. The Balaban J connectivity index is 0. The van der Waals surface area contributed by atoms with Crippen LogP contribution in [0.25, 0.3) is 0 Å². The number of likely N-dealkylation sites (N-methyl/N-ethyl adjacent to an activating group) is 1. The van der Waals surface area contributed by atoms with Gasteiger partial charge < -0.3 is 16.9 Å². The molecule has 0 spiro atoms. The van der Waals surface area contributed by atoms with Gasteiger partial charge in [-0.1, -0.05) is 13.5 Å². The van der Waals surface area contributed by atoms with Crippen molar-refractivity contribution in [2.24, 2.45) is 0 Å². The third kappa shape index (κ3) is 5.77. The fourth-order valence-corrected chi connectivity index (χ4v) is 1.13. The van der Waals surface area contributed by atoms with Crippen molar-refractivity contribution in [2.75, 3.05) is 28.2 Å². The Kier molecular flexibility index (Phi) is 7.66. The molecule has 1 atom stereocenters. The smallest absolute Gasteiger partial charge is 0.269 e. The number of hydroxylamine groups is 2. The first-order valence-corrected chi connectivity index (χ1v) is 4.71. The van der Waals surface area contributed by atoms with Crippen molar-refractivity contribution in [1.82, 2.24) is 5.06 Å². The summed E-state index contributed by atoms with van der Waals surface area (Å²) in [4.78, 5) is 16.7. The van der Waals surface area contributed by atoms with Gasteiger partial charge in [0.15, 0.2) is 0 Å². The molecular formula is C10H21ClN2O2. The fourth-order valence-electron chi connectivity index (χ4n) is 1.13. The highest BCUT2D eigenvalue weighted by Gasteiger charge is 2.25. The first-order valence-electron chi connectivity index (χ1n) is 4.71. The second-order valence-corrected chi connectivity index (χ2v) is 4.12. The Morgan fingerprint density at radius 1 is 1.53 bits per heavy atom. The number of quaternary nitrogens is 1. The van der Waals surface area contributed by atoms with Crippen LogP contribution in [0.2, 0.25) is 0 Å². The molecule has 90 valence electrons. The molecule has 0 aliphatic heterocycles. The van der Waals surface area contributed by atoms with E-state index in [1.54, 1.807) is 7.05 Å². The maximum atomic E-state index is 11.2. The molecule has 0 N–H and O–H groups in total. The lowest BCUT2D eigenvalue weighted by Gasteiger charge is -2.34. The van der Waals surface area contributed by atoms with E-state index in [4.69, 9.17) is 4.84 Å². The van der Waals surface area contributed by atoms with E-state index >= 15 is 0 Å². The molecular weight excluding hydrogens is 216 g/mol. The van der Waals surface area contributed by atoms with Gasteiger partial charge in [-0.05, 0) is 6.08 Å². The number of hydrogen-bond acceptors (Lipinski definition) is 2. The predicted octanol–water partition coefficient (Wildman–Crippen LogP) is -1.99. The van der Waals surface area contributed by atoms with E-state index in [9.17, 15) is 4.79 Å². The number of rotatable bonds is 5. The molecule has 0 aromatic carbocycles. The molecule has 1 amide bonds. The molecule has 5 heteroatoms. The van der Waals surface area contributed by atoms with Crippen LogP contribution in [0.1, 0.15) is 13.3 Å². The molecule has 0 aromatic heterocycles. The number of nitrogens with zero attached hydrogens (tertiary/aromatic N) is 2. The summed E-state index contributed by atoms with van der Waals surface area (Å²) < 4.78 is 0.658. The molecule has 0 radical (unpaired) electrons. The minimum absolute atomic E-state index is 0. The summed E-state index contributed by atoms with van der Waals surface area (Å²) in [6.45, 7) is 5.43. The van der Waals surface area contributed by atoms with Crippen molar-refractivity contribution < 1.29 is 26.5 Å². The van der Waals surface area contributed by atoms with Gasteiger partial charge in [-0.3, -0.25) is 4.79 Å². The number of amides is 1. The second-order valence-electron chi connectivity index (χ2n) is 4.12. The monoisotopic (exact) mass is 236 g/mol. The minimum Gasteiger partial charge on any atom is -1.00 e. The van der Waals surface area contributed by atoms with Crippen LogP contribution in [-0.2, 0) is 9.63 Å². The third-order valence-corrected chi connectivity index (χ3v) is 1.98. The Bertz CT molecular complexity index is 214. The van der Waals surface area contributed by atoms with Gasteiger partial charge in [-0.15, -0.1) is 0 Å². The number of hydrogen-bond donors (Lipinski definition) is 0. The van der Waals surface area contributed by atoms with Gasteiger partial charge in [0.05, 0.1) is 21.1 Å². The first-order chi connectivity index (χ1) is 6.32. The summed E-state index contributed by atoms with van der Waals surface area (Å²) in [5.74, 6) is -0.225. The van der Waals surface area contributed by atoms with Gasteiger partial charge in [-0.2, -0.15) is 0 Å². The van der Waals surface area contributed by atoms with Crippen molar-refractivity contribution >= 4 is 5.91 Å². The lowest BCUT2D eigenvalue weighted by molar-refractivity contribution is -0.924. The van der Waals surface area contributed by atoms with Crippen LogP contribution in [-0.4, -0.2) is 49.9 Å². The Hall–Kier alpha value is -0.580. The molecule has 0 saturated carbocycles. The highest BCUT2D eigenvalue weighted by molar-refractivity contribution is 5.85. The zero-order valence-electron chi connectivity index (χ0n) is 10.2. The quantitative estimate of drug-likeness (QED) is 0.239. The maximum absolute atomic E-state index is 11.2. The molecule has 0 rings (SSSR count). The van der Waals surface area contributed by atoms with Crippen LogP contribution in [0.4, 0.5) is 0 Å². The van der Waals surface area contributed by atoms with Gasteiger partial charge in [0.1, 0.15) is 0 Å². The third-order valence-electron chi connectivity index (χ3n) is 1.98. The average molecular weight is 237 g/mol. The normalized spacial score (nSPS) is 12.6. The summed E-state index contributed by atoms with van der Waals surface area (Å²) in [5.41, 5.74) is 0. The molecule has 1 unspecified atom stereocenters. The van der Waals surface area contributed by atoms with Crippen molar-refractivity contribution in [3.63, 3.8) is 0 Å². The van der Waals surface area contributed by atoms with Gasteiger partial charge in [0, 0.05) is 13.5 Å². The zero-order chi connectivity index (χ0) is 11.4. The van der Waals surface area contributed by atoms with Gasteiger partial charge in [0.2, 0.25) is 6.23 Å². The van der Waals surface area contributed by atoms with E-state index < -0.39 is 0 Å². The Morgan fingerprint density at radius 2 is 2.00 bits per heavy atom. The van der Waals surface area contributed by atoms with Gasteiger partial charge in [0.25, 0.3) is 5.91 Å². The van der Waals surface area contributed by atoms with Crippen LogP contribution < -0.4 is 12.4 Å². The van der Waals surface area contributed by atoms with E-state index in [1.807, 2.05) is 28.1 Å². The second kappa shape index (κ2) is 6.82. The zero-order valence-corrected chi connectivity index (χ0v) is 10.9. The molecule has 4 nitrogen and oxygen atoms in total. The molecule has 0 fully saturated rings. The van der Waals surface area contributed by atoms with Crippen LogP contribution in [0.5, 0.6) is 0 Å². The molecule has 15 heavy (non-hydrogen) atoms. The van der Waals surface area contributed by atoms with Gasteiger partial charge >= 0.3 is 0 Å². The molecule has 0 heterocycles. The summed E-state index contributed by atoms with van der Waals surface area (Å²) >= 11 is 0. The number of carbonyl (C=O) groups is 1. The maximum Gasteiger partial charge on any atom is 0.269 e.